The van der Waals surface area contributed by atoms with E-state index >= 15 is 0 Å². The highest BCUT2D eigenvalue weighted by atomic mass is 32.1. The minimum atomic E-state index is -1.02. The van der Waals surface area contributed by atoms with Crippen LogP contribution in [0.25, 0.3) is 0 Å². The predicted octanol–water partition coefficient (Wildman–Crippen LogP) is 2.34. The molecule has 0 aliphatic heterocycles. The summed E-state index contributed by atoms with van der Waals surface area (Å²) in [5.41, 5.74) is -0.596. The third kappa shape index (κ3) is 4.60. The van der Waals surface area contributed by atoms with Gasteiger partial charge in [0.2, 0.25) is 0 Å². The van der Waals surface area contributed by atoms with Crippen molar-refractivity contribution < 1.29 is 14.8 Å². The Morgan fingerprint density at radius 2 is 1.95 bits per heavy atom. The van der Waals surface area contributed by atoms with Crippen LogP contribution >= 0.6 is 11.3 Å². The van der Waals surface area contributed by atoms with Gasteiger partial charge in [0.05, 0.1) is 11.2 Å². The Labute approximate surface area is 120 Å². The number of hydrogen-bond acceptors (Lipinski definition) is 4. The molecule has 1 rings (SSSR count). The molecule has 0 bridgehead atoms. The van der Waals surface area contributed by atoms with Gasteiger partial charge in [0.25, 0.3) is 0 Å². The van der Waals surface area contributed by atoms with E-state index < -0.39 is 18.3 Å². The van der Waals surface area contributed by atoms with Crippen LogP contribution in [0, 0.1) is 0 Å². The zero-order chi connectivity index (χ0) is 14.7. The molecule has 108 valence electrons. The van der Waals surface area contributed by atoms with Crippen molar-refractivity contribution in [1.82, 2.24) is 0 Å². The van der Waals surface area contributed by atoms with E-state index in [1.54, 1.807) is 27.7 Å². The van der Waals surface area contributed by atoms with Crippen LogP contribution in [0.3, 0.4) is 0 Å². The molecular weight excluding hydrogens is 259 g/mol. The van der Waals surface area contributed by atoms with Gasteiger partial charge in [-0.2, -0.15) is 11.3 Å². The van der Waals surface area contributed by atoms with Gasteiger partial charge in [-0.05, 0) is 57.5 Å². The van der Waals surface area contributed by atoms with Gasteiger partial charge in [0.15, 0.2) is 0 Å². The average molecular weight is 284 g/mol. The summed E-state index contributed by atoms with van der Waals surface area (Å²) >= 11 is 1.50. The van der Waals surface area contributed by atoms with E-state index in [-0.39, 0.29) is 0 Å². The van der Waals surface area contributed by atoms with Crippen LogP contribution in [0.15, 0.2) is 11.4 Å². The average Bonchev–Trinajstić information content (AvgIpc) is 2.72. The number of thiophene rings is 1. The lowest BCUT2D eigenvalue weighted by molar-refractivity contribution is -0.0981. The number of aryl methyl sites for hydroxylation is 1. The van der Waals surface area contributed by atoms with Gasteiger partial charge < -0.3 is 14.8 Å². The number of aliphatic hydroxyl groups is 1. The first-order valence-corrected chi connectivity index (χ1v) is 7.71. The molecule has 0 fully saturated rings. The van der Waals surface area contributed by atoms with Gasteiger partial charge in [0.1, 0.15) is 0 Å². The van der Waals surface area contributed by atoms with Gasteiger partial charge >= 0.3 is 7.12 Å². The van der Waals surface area contributed by atoms with Crippen molar-refractivity contribution in [3.8, 4) is 0 Å². The number of unbranched alkanes of at least 4 members (excludes halogenated alkanes) is 1. The topological polar surface area (TPSA) is 49.7 Å². The lowest BCUT2D eigenvalue weighted by Crippen LogP contribution is -2.52. The standard InChI is InChI=1S/C14H25BO3S/c1-6-7-8-11-9-12(19-10-11)15(17)18-14(4,5)13(2,3)16/h9-10,16-17H,6-8H2,1-5H3. The maximum absolute atomic E-state index is 10.1. The van der Waals surface area contributed by atoms with E-state index in [2.05, 4.69) is 12.3 Å². The van der Waals surface area contributed by atoms with E-state index in [9.17, 15) is 10.1 Å². The van der Waals surface area contributed by atoms with Gasteiger partial charge in [0, 0.05) is 4.78 Å². The van der Waals surface area contributed by atoms with Crippen molar-refractivity contribution in [2.45, 2.75) is 65.1 Å². The molecular formula is C14H25BO3S. The predicted molar refractivity (Wildman–Crippen MR) is 82.0 cm³/mol. The Morgan fingerprint density at radius 3 is 2.47 bits per heavy atom. The highest BCUT2D eigenvalue weighted by Crippen LogP contribution is 2.25. The summed E-state index contributed by atoms with van der Waals surface area (Å²) in [7, 11) is -0.984. The minimum Gasteiger partial charge on any atom is -0.423 e. The molecule has 1 heterocycles. The fourth-order valence-electron chi connectivity index (χ4n) is 1.52. The molecule has 3 nitrogen and oxygen atoms in total. The molecule has 0 atom stereocenters. The molecule has 0 saturated heterocycles. The highest BCUT2D eigenvalue weighted by molar-refractivity contribution is 7.20. The van der Waals surface area contributed by atoms with Crippen LogP contribution in [-0.2, 0) is 11.1 Å². The largest absolute Gasteiger partial charge is 0.502 e. The monoisotopic (exact) mass is 284 g/mol. The molecule has 0 unspecified atom stereocenters. The van der Waals surface area contributed by atoms with Crippen molar-refractivity contribution >= 4 is 23.2 Å². The first-order valence-electron chi connectivity index (χ1n) is 6.83. The maximum atomic E-state index is 10.1. The second-order valence-corrected chi connectivity index (χ2v) is 6.94. The molecule has 2 N–H and O–H groups in total. The van der Waals surface area contributed by atoms with Crippen LogP contribution in [0.5, 0.6) is 0 Å². The lowest BCUT2D eigenvalue weighted by atomic mass is 9.82. The van der Waals surface area contributed by atoms with Crippen LogP contribution in [0.4, 0.5) is 0 Å². The summed E-state index contributed by atoms with van der Waals surface area (Å²) in [6.45, 7) is 9.09. The zero-order valence-electron chi connectivity index (χ0n) is 12.6. The molecule has 0 aliphatic rings. The van der Waals surface area contributed by atoms with E-state index in [1.165, 1.54) is 16.9 Å². The summed E-state index contributed by atoms with van der Waals surface area (Å²) in [6, 6.07) is 1.99. The molecule has 0 aliphatic carbocycles. The second kappa shape index (κ2) is 6.40. The molecule has 0 spiro atoms. The van der Waals surface area contributed by atoms with E-state index in [4.69, 9.17) is 4.65 Å². The Bertz CT molecular complexity index is 396. The molecule has 0 saturated carbocycles. The normalized spacial score (nSPS) is 12.8. The van der Waals surface area contributed by atoms with Gasteiger partial charge in [-0.25, -0.2) is 0 Å². The third-order valence-corrected chi connectivity index (χ3v) is 4.63. The molecule has 1 aromatic rings. The third-order valence-electron chi connectivity index (χ3n) is 3.62. The van der Waals surface area contributed by atoms with Crippen LogP contribution in [0.2, 0.25) is 0 Å². The highest BCUT2D eigenvalue weighted by Gasteiger charge is 2.39. The fraction of sp³-hybridized carbons (Fsp3) is 0.714. The summed E-state index contributed by atoms with van der Waals surface area (Å²) in [4.78, 5) is 0. The molecule has 1 aromatic heterocycles. The smallest absolute Gasteiger partial charge is 0.423 e. The Kier molecular flexibility index (Phi) is 5.62. The van der Waals surface area contributed by atoms with Crippen molar-refractivity contribution in [3.05, 3.63) is 17.0 Å². The fourth-order valence-corrected chi connectivity index (χ4v) is 2.37. The summed E-state index contributed by atoms with van der Waals surface area (Å²) in [5, 5.41) is 22.2. The SMILES string of the molecule is CCCCc1csc(B(O)OC(C)(C)C(C)(C)O)c1. The molecule has 19 heavy (non-hydrogen) atoms. The van der Waals surface area contributed by atoms with Crippen molar-refractivity contribution in [3.63, 3.8) is 0 Å². The second-order valence-electron chi connectivity index (χ2n) is 6.00. The Balaban J connectivity index is 2.68. The molecule has 0 amide bonds. The summed E-state index contributed by atoms with van der Waals surface area (Å²) in [5.74, 6) is 0. The number of rotatable bonds is 7. The van der Waals surface area contributed by atoms with Crippen LogP contribution in [-0.4, -0.2) is 28.5 Å². The van der Waals surface area contributed by atoms with E-state index in [1.807, 2.05) is 6.07 Å². The van der Waals surface area contributed by atoms with Gasteiger partial charge in [-0.15, -0.1) is 0 Å². The summed E-state index contributed by atoms with van der Waals surface area (Å²) < 4.78 is 6.42. The van der Waals surface area contributed by atoms with E-state index in [0.717, 1.165) is 24.0 Å². The Morgan fingerprint density at radius 1 is 1.32 bits per heavy atom. The van der Waals surface area contributed by atoms with Crippen molar-refractivity contribution in [1.29, 1.82) is 0 Å². The molecule has 0 radical (unpaired) electrons. The van der Waals surface area contributed by atoms with Gasteiger partial charge in [-0.3, -0.25) is 0 Å². The quantitative estimate of drug-likeness (QED) is 0.756. The van der Waals surface area contributed by atoms with Crippen LogP contribution in [0.1, 0.15) is 53.0 Å². The van der Waals surface area contributed by atoms with Crippen molar-refractivity contribution in [2.24, 2.45) is 0 Å². The molecule has 5 heteroatoms. The van der Waals surface area contributed by atoms with Crippen LogP contribution < -0.4 is 4.78 Å². The first-order chi connectivity index (χ1) is 8.67. The zero-order valence-corrected chi connectivity index (χ0v) is 13.4. The number of hydrogen-bond donors (Lipinski definition) is 2. The maximum Gasteiger partial charge on any atom is 0.502 e. The lowest BCUT2D eigenvalue weighted by Gasteiger charge is -2.38. The van der Waals surface area contributed by atoms with Crippen molar-refractivity contribution in [2.75, 3.05) is 0 Å². The molecule has 0 aromatic carbocycles. The Hall–Kier alpha value is -0.355. The first kappa shape index (κ1) is 16.7. The summed E-state index contributed by atoms with van der Waals surface area (Å²) in [6.07, 6.45) is 3.35. The minimum absolute atomic E-state index is 0.795. The van der Waals surface area contributed by atoms with E-state index in [0.29, 0.717) is 0 Å². The van der Waals surface area contributed by atoms with Gasteiger partial charge in [-0.1, -0.05) is 13.3 Å².